The quantitative estimate of drug-likeness (QED) is 0.347. The van der Waals surface area contributed by atoms with E-state index in [1.54, 1.807) is 0 Å². The summed E-state index contributed by atoms with van der Waals surface area (Å²) in [7, 11) is 0. The molecule has 0 fully saturated rings. The molecule has 3 rings (SSSR count). The number of guanidine groups is 1. The van der Waals surface area contributed by atoms with Gasteiger partial charge in [0, 0.05) is 37.8 Å². The standard InChI is InChI=1S/C20H25ClN4O2.HI/c1-2-22-20(24-9-7-16-6-3-4-8-23-16)25-14-15-12-17(21)19-18(13-15)26-10-5-11-27-19;/h3-4,6,8,12-13H,2,5,7,9-11,14H2,1H3,(H2,22,24,25);1H. The summed E-state index contributed by atoms with van der Waals surface area (Å²) in [6.45, 7) is 5.33. The molecule has 2 aromatic rings. The molecule has 1 aliphatic rings. The lowest BCUT2D eigenvalue weighted by atomic mass is 10.2. The monoisotopic (exact) mass is 516 g/mol. The van der Waals surface area contributed by atoms with Crippen LogP contribution in [0.5, 0.6) is 11.5 Å². The van der Waals surface area contributed by atoms with E-state index in [0.717, 1.165) is 43.1 Å². The van der Waals surface area contributed by atoms with Crippen molar-refractivity contribution in [2.45, 2.75) is 26.3 Å². The number of nitrogens with zero attached hydrogens (tertiary/aromatic N) is 2. The van der Waals surface area contributed by atoms with Gasteiger partial charge >= 0.3 is 0 Å². The number of rotatable bonds is 6. The van der Waals surface area contributed by atoms with Crippen LogP contribution < -0.4 is 20.1 Å². The van der Waals surface area contributed by atoms with E-state index < -0.39 is 0 Å². The third-order valence-electron chi connectivity index (χ3n) is 4.03. The zero-order chi connectivity index (χ0) is 18.9. The SMILES string of the molecule is CCNC(=NCc1cc(Cl)c2c(c1)OCCCO2)NCCc1ccccn1.I. The summed E-state index contributed by atoms with van der Waals surface area (Å²) in [6, 6.07) is 9.77. The molecule has 2 heterocycles. The molecular weight excluding hydrogens is 491 g/mol. The van der Waals surface area contributed by atoms with Gasteiger partial charge in [0.2, 0.25) is 0 Å². The van der Waals surface area contributed by atoms with Crippen LogP contribution in [0.4, 0.5) is 0 Å². The van der Waals surface area contributed by atoms with Crippen LogP contribution in [-0.2, 0) is 13.0 Å². The Balaban J connectivity index is 0.00000280. The van der Waals surface area contributed by atoms with Gasteiger partial charge < -0.3 is 20.1 Å². The van der Waals surface area contributed by atoms with Gasteiger partial charge in [-0.15, -0.1) is 24.0 Å². The number of benzene rings is 1. The van der Waals surface area contributed by atoms with Crippen molar-refractivity contribution < 1.29 is 9.47 Å². The Morgan fingerprint density at radius 3 is 2.86 bits per heavy atom. The van der Waals surface area contributed by atoms with Crippen molar-refractivity contribution in [2.75, 3.05) is 26.3 Å². The topological polar surface area (TPSA) is 67.8 Å². The van der Waals surface area contributed by atoms with Gasteiger partial charge in [-0.25, -0.2) is 4.99 Å². The molecule has 8 heteroatoms. The van der Waals surface area contributed by atoms with Crippen LogP contribution in [0.3, 0.4) is 0 Å². The smallest absolute Gasteiger partial charge is 0.191 e. The highest BCUT2D eigenvalue weighted by Crippen LogP contribution is 2.38. The molecule has 1 aromatic heterocycles. The second-order valence-electron chi connectivity index (χ2n) is 6.15. The number of ether oxygens (including phenoxy) is 2. The highest BCUT2D eigenvalue weighted by molar-refractivity contribution is 14.0. The fourth-order valence-electron chi connectivity index (χ4n) is 2.74. The van der Waals surface area contributed by atoms with Gasteiger partial charge in [0.1, 0.15) is 0 Å². The van der Waals surface area contributed by atoms with Crippen LogP contribution in [0.15, 0.2) is 41.5 Å². The Hall–Kier alpha value is -1.74. The summed E-state index contributed by atoms with van der Waals surface area (Å²) in [4.78, 5) is 8.98. The molecule has 0 amide bonds. The van der Waals surface area contributed by atoms with Crippen molar-refractivity contribution in [3.05, 3.63) is 52.8 Å². The minimum absolute atomic E-state index is 0. The van der Waals surface area contributed by atoms with Crippen LogP contribution in [0.25, 0.3) is 0 Å². The van der Waals surface area contributed by atoms with Gasteiger partial charge in [-0.2, -0.15) is 0 Å². The number of aliphatic imine (C=N–C) groups is 1. The van der Waals surface area contributed by atoms with Crippen LogP contribution in [0.2, 0.25) is 5.02 Å². The van der Waals surface area contributed by atoms with E-state index in [9.17, 15) is 0 Å². The van der Waals surface area contributed by atoms with E-state index >= 15 is 0 Å². The predicted octanol–water partition coefficient (Wildman–Crippen LogP) is 3.81. The molecule has 2 N–H and O–H groups in total. The summed E-state index contributed by atoms with van der Waals surface area (Å²) < 4.78 is 11.4. The van der Waals surface area contributed by atoms with Gasteiger partial charge in [0.25, 0.3) is 0 Å². The molecule has 0 bridgehead atoms. The molecule has 0 aliphatic carbocycles. The zero-order valence-corrected chi connectivity index (χ0v) is 19.0. The first-order chi connectivity index (χ1) is 13.3. The van der Waals surface area contributed by atoms with Gasteiger partial charge in [-0.05, 0) is 36.8 Å². The number of pyridine rings is 1. The van der Waals surface area contributed by atoms with E-state index in [1.807, 2.05) is 43.5 Å². The molecular formula is C20H26ClIN4O2. The molecule has 0 radical (unpaired) electrons. The van der Waals surface area contributed by atoms with Crippen LogP contribution in [-0.4, -0.2) is 37.2 Å². The van der Waals surface area contributed by atoms with E-state index in [1.165, 1.54) is 0 Å². The Labute approximate surface area is 188 Å². The molecule has 152 valence electrons. The Kier molecular flexibility index (Phi) is 9.63. The van der Waals surface area contributed by atoms with Crippen LogP contribution >= 0.6 is 35.6 Å². The summed E-state index contributed by atoms with van der Waals surface area (Å²) in [5.41, 5.74) is 2.03. The molecule has 1 aromatic carbocycles. The summed E-state index contributed by atoms with van der Waals surface area (Å²) in [5, 5.41) is 7.15. The van der Waals surface area contributed by atoms with E-state index in [2.05, 4.69) is 20.6 Å². The zero-order valence-electron chi connectivity index (χ0n) is 15.9. The number of hydrogen-bond acceptors (Lipinski definition) is 4. The first kappa shape index (κ1) is 22.5. The van der Waals surface area contributed by atoms with Crippen LogP contribution in [0.1, 0.15) is 24.6 Å². The Morgan fingerprint density at radius 1 is 1.21 bits per heavy atom. The summed E-state index contributed by atoms with van der Waals surface area (Å²) in [5.74, 6) is 2.08. The maximum Gasteiger partial charge on any atom is 0.191 e. The minimum atomic E-state index is 0. The molecule has 1 aliphatic heterocycles. The summed E-state index contributed by atoms with van der Waals surface area (Å²) >= 11 is 6.36. The van der Waals surface area contributed by atoms with Gasteiger partial charge in [0.05, 0.1) is 24.8 Å². The normalized spacial score (nSPS) is 13.3. The maximum absolute atomic E-state index is 6.36. The lowest BCUT2D eigenvalue weighted by molar-refractivity contribution is 0.297. The number of halogens is 2. The largest absolute Gasteiger partial charge is 0.489 e. The second kappa shape index (κ2) is 12.0. The van der Waals surface area contributed by atoms with Crippen molar-refractivity contribution >= 4 is 41.5 Å². The molecule has 0 unspecified atom stereocenters. The molecule has 0 saturated carbocycles. The molecule has 6 nitrogen and oxygen atoms in total. The van der Waals surface area contributed by atoms with Crippen molar-refractivity contribution in [3.63, 3.8) is 0 Å². The first-order valence-corrected chi connectivity index (χ1v) is 9.64. The number of hydrogen-bond donors (Lipinski definition) is 2. The summed E-state index contributed by atoms with van der Waals surface area (Å²) in [6.07, 6.45) is 3.49. The highest BCUT2D eigenvalue weighted by atomic mass is 127. The third-order valence-corrected chi connectivity index (χ3v) is 4.31. The molecule has 0 atom stereocenters. The number of fused-ring (bicyclic) bond motifs is 1. The average molecular weight is 517 g/mol. The Morgan fingerprint density at radius 2 is 2.07 bits per heavy atom. The molecule has 0 spiro atoms. The van der Waals surface area contributed by atoms with Crippen molar-refractivity contribution in [1.82, 2.24) is 15.6 Å². The lowest BCUT2D eigenvalue weighted by Crippen LogP contribution is -2.38. The van der Waals surface area contributed by atoms with Gasteiger partial charge in [-0.1, -0.05) is 17.7 Å². The lowest BCUT2D eigenvalue weighted by Gasteiger charge is -2.13. The van der Waals surface area contributed by atoms with Gasteiger partial charge in [-0.3, -0.25) is 4.98 Å². The predicted molar refractivity (Wildman–Crippen MR) is 123 cm³/mol. The van der Waals surface area contributed by atoms with E-state index in [0.29, 0.717) is 36.3 Å². The second-order valence-corrected chi connectivity index (χ2v) is 6.56. The van der Waals surface area contributed by atoms with E-state index in [-0.39, 0.29) is 24.0 Å². The fraction of sp³-hybridized carbons (Fsp3) is 0.400. The van der Waals surface area contributed by atoms with Crippen molar-refractivity contribution in [1.29, 1.82) is 0 Å². The van der Waals surface area contributed by atoms with Gasteiger partial charge in [0.15, 0.2) is 17.5 Å². The average Bonchev–Trinajstić information content (AvgIpc) is 2.93. The minimum Gasteiger partial charge on any atom is -0.489 e. The molecule has 28 heavy (non-hydrogen) atoms. The van der Waals surface area contributed by atoms with Crippen LogP contribution in [0, 0.1) is 0 Å². The Bertz CT molecular complexity index is 774. The first-order valence-electron chi connectivity index (χ1n) is 9.26. The fourth-order valence-corrected chi connectivity index (χ4v) is 3.03. The maximum atomic E-state index is 6.36. The molecule has 0 saturated heterocycles. The van der Waals surface area contributed by atoms with E-state index in [4.69, 9.17) is 21.1 Å². The van der Waals surface area contributed by atoms with Crippen molar-refractivity contribution in [2.24, 2.45) is 4.99 Å². The van der Waals surface area contributed by atoms with Crippen molar-refractivity contribution in [3.8, 4) is 11.5 Å². The number of aromatic nitrogens is 1. The number of nitrogens with one attached hydrogen (secondary N) is 2. The highest BCUT2D eigenvalue weighted by Gasteiger charge is 2.15. The third kappa shape index (κ3) is 6.70.